The van der Waals surface area contributed by atoms with Crippen LogP contribution in [0.3, 0.4) is 0 Å². The van der Waals surface area contributed by atoms with Gasteiger partial charge in [0, 0.05) is 29.6 Å². The fourth-order valence-corrected chi connectivity index (χ4v) is 1.85. The maximum absolute atomic E-state index is 11.6. The summed E-state index contributed by atoms with van der Waals surface area (Å²) in [4.78, 5) is 16.0. The van der Waals surface area contributed by atoms with Gasteiger partial charge in [-0.1, -0.05) is 0 Å². The van der Waals surface area contributed by atoms with E-state index in [0.717, 1.165) is 22.6 Å². The van der Waals surface area contributed by atoms with Gasteiger partial charge in [-0.25, -0.2) is 4.68 Å². The molecule has 0 aliphatic rings. The first-order valence-electron chi connectivity index (χ1n) is 5.48. The first-order valence-corrected chi connectivity index (χ1v) is 5.48. The molecule has 2 aromatic heterocycles. The molecule has 0 unspecified atom stereocenters. The average Bonchev–Trinajstić information content (AvgIpc) is 2.25. The molecule has 4 nitrogen and oxygen atoms in total. The van der Waals surface area contributed by atoms with Crippen molar-refractivity contribution in [3.63, 3.8) is 0 Å². The molecule has 0 aliphatic carbocycles. The summed E-state index contributed by atoms with van der Waals surface area (Å²) in [6.07, 6.45) is 0. The van der Waals surface area contributed by atoms with E-state index >= 15 is 0 Å². The largest absolute Gasteiger partial charge is 0.269 e. The van der Waals surface area contributed by atoms with Gasteiger partial charge >= 0.3 is 0 Å². The Morgan fingerprint density at radius 2 is 1.88 bits per heavy atom. The van der Waals surface area contributed by atoms with Gasteiger partial charge in [0.1, 0.15) is 0 Å². The molecular formula is C13H15N3O. The highest BCUT2D eigenvalue weighted by atomic mass is 16.1. The van der Waals surface area contributed by atoms with E-state index < -0.39 is 0 Å². The van der Waals surface area contributed by atoms with Crippen LogP contribution in [0.25, 0.3) is 11.3 Å². The molecule has 2 aromatic rings. The van der Waals surface area contributed by atoms with Crippen molar-refractivity contribution in [2.24, 2.45) is 7.05 Å². The zero-order valence-electron chi connectivity index (χ0n) is 10.5. The lowest BCUT2D eigenvalue weighted by Gasteiger charge is -2.07. The fourth-order valence-electron chi connectivity index (χ4n) is 1.85. The topological polar surface area (TPSA) is 47.8 Å². The van der Waals surface area contributed by atoms with Gasteiger partial charge in [-0.3, -0.25) is 9.78 Å². The summed E-state index contributed by atoms with van der Waals surface area (Å²) in [5.74, 6) is 0. The number of hydrogen-bond acceptors (Lipinski definition) is 3. The third-order valence-corrected chi connectivity index (χ3v) is 2.74. The van der Waals surface area contributed by atoms with Crippen LogP contribution in [-0.4, -0.2) is 14.8 Å². The molecule has 0 atom stereocenters. The van der Waals surface area contributed by atoms with E-state index in [-0.39, 0.29) is 5.56 Å². The van der Waals surface area contributed by atoms with Crippen molar-refractivity contribution in [3.8, 4) is 11.3 Å². The summed E-state index contributed by atoms with van der Waals surface area (Å²) in [6.45, 7) is 5.70. The lowest BCUT2D eigenvalue weighted by atomic mass is 10.1. The van der Waals surface area contributed by atoms with E-state index in [1.165, 1.54) is 4.68 Å². The Kier molecular flexibility index (Phi) is 2.79. The molecule has 0 bridgehead atoms. The van der Waals surface area contributed by atoms with Gasteiger partial charge in [0.25, 0.3) is 5.56 Å². The minimum absolute atomic E-state index is 0.0635. The van der Waals surface area contributed by atoms with E-state index in [9.17, 15) is 4.79 Å². The lowest BCUT2D eigenvalue weighted by Crippen LogP contribution is -2.22. The normalized spacial score (nSPS) is 10.6. The third kappa shape index (κ3) is 2.11. The number of nitrogens with zero attached hydrogens (tertiary/aromatic N) is 3. The first-order chi connectivity index (χ1) is 7.99. The molecule has 0 saturated heterocycles. The number of aromatic nitrogens is 3. The number of rotatable bonds is 1. The van der Waals surface area contributed by atoms with Crippen LogP contribution in [0.5, 0.6) is 0 Å². The van der Waals surface area contributed by atoms with E-state index in [0.29, 0.717) is 5.56 Å². The molecule has 17 heavy (non-hydrogen) atoms. The average molecular weight is 229 g/mol. The van der Waals surface area contributed by atoms with Crippen LogP contribution >= 0.6 is 0 Å². The Bertz CT molecular complexity index is 603. The van der Waals surface area contributed by atoms with E-state index in [2.05, 4.69) is 10.1 Å². The van der Waals surface area contributed by atoms with Crippen LogP contribution in [0.1, 0.15) is 17.0 Å². The highest BCUT2D eigenvalue weighted by Gasteiger charge is 2.08. The van der Waals surface area contributed by atoms with Crippen LogP contribution in [0.4, 0.5) is 0 Å². The maximum atomic E-state index is 11.6. The Morgan fingerprint density at radius 1 is 1.18 bits per heavy atom. The number of pyridine rings is 1. The first kappa shape index (κ1) is 11.5. The van der Waals surface area contributed by atoms with Crippen molar-refractivity contribution in [2.75, 3.05) is 0 Å². The van der Waals surface area contributed by atoms with Crippen molar-refractivity contribution in [1.82, 2.24) is 14.8 Å². The summed E-state index contributed by atoms with van der Waals surface area (Å²) in [6, 6.07) is 5.75. The van der Waals surface area contributed by atoms with Crippen LogP contribution < -0.4 is 5.56 Å². The zero-order chi connectivity index (χ0) is 12.6. The van der Waals surface area contributed by atoms with E-state index in [1.807, 2.05) is 32.0 Å². The number of hydrogen-bond donors (Lipinski definition) is 0. The van der Waals surface area contributed by atoms with Crippen LogP contribution in [-0.2, 0) is 7.05 Å². The van der Waals surface area contributed by atoms with Crippen molar-refractivity contribution in [2.45, 2.75) is 20.8 Å². The maximum Gasteiger partial charge on any atom is 0.269 e. The minimum Gasteiger partial charge on any atom is -0.268 e. The highest BCUT2D eigenvalue weighted by Crippen LogP contribution is 2.19. The predicted octanol–water partition coefficient (Wildman–Crippen LogP) is 1.77. The predicted molar refractivity (Wildman–Crippen MR) is 66.9 cm³/mol. The smallest absolute Gasteiger partial charge is 0.268 e. The molecule has 88 valence electrons. The molecule has 0 aliphatic heterocycles. The molecule has 2 rings (SSSR count). The Hall–Kier alpha value is -1.97. The van der Waals surface area contributed by atoms with Gasteiger partial charge in [-0.2, -0.15) is 5.10 Å². The second kappa shape index (κ2) is 4.13. The van der Waals surface area contributed by atoms with Gasteiger partial charge < -0.3 is 0 Å². The molecule has 0 spiro atoms. The molecule has 0 fully saturated rings. The van der Waals surface area contributed by atoms with Gasteiger partial charge in [0.15, 0.2) is 0 Å². The molecule has 0 N–H and O–H groups in total. The monoisotopic (exact) mass is 229 g/mol. The molecule has 0 amide bonds. The fraction of sp³-hybridized carbons (Fsp3) is 0.308. The Labute approximate surface area is 99.9 Å². The second-order valence-corrected chi connectivity index (χ2v) is 4.23. The van der Waals surface area contributed by atoms with Crippen molar-refractivity contribution in [1.29, 1.82) is 0 Å². The zero-order valence-corrected chi connectivity index (χ0v) is 10.5. The molecule has 4 heteroatoms. The van der Waals surface area contributed by atoms with Crippen LogP contribution in [0, 0.1) is 20.8 Å². The molecule has 0 saturated carbocycles. The second-order valence-electron chi connectivity index (χ2n) is 4.23. The van der Waals surface area contributed by atoms with Crippen molar-refractivity contribution in [3.05, 3.63) is 45.5 Å². The third-order valence-electron chi connectivity index (χ3n) is 2.74. The SMILES string of the molecule is Cc1ccc(-c2cc(C)c(=O)n(C)n2)c(C)n1. The lowest BCUT2D eigenvalue weighted by molar-refractivity contribution is 0.704. The summed E-state index contributed by atoms with van der Waals surface area (Å²) in [7, 11) is 1.66. The van der Waals surface area contributed by atoms with Gasteiger partial charge in [0.05, 0.1) is 5.69 Å². The van der Waals surface area contributed by atoms with Gasteiger partial charge in [-0.05, 0) is 39.0 Å². The summed E-state index contributed by atoms with van der Waals surface area (Å²) < 4.78 is 1.37. The van der Waals surface area contributed by atoms with Crippen molar-refractivity contribution < 1.29 is 0 Å². The summed E-state index contributed by atoms with van der Waals surface area (Å²) in [5.41, 5.74) is 4.29. The van der Waals surface area contributed by atoms with Crippen LogP contribution in [0.15, 0.2) is 23.0 Å². The minimum atomic E-state index is -0.0635. The quantitative estimate of drug-likeness (QED) is 0.748. The van der Waals surface area contributed by atoms with Gasteiger partial charge in [-0.15, -0.1) is 0 Å². The van der Waals surface area contributed by atoms with E-state index in [4.69, 9.17) is 0 Å². The summed E-state index contributed by atoms with van der Waals surface area (Å²) in [5, 5.41) is 4.26. The van der Waals surface area contributed by atoms with Crippen LogP contribution in [0.2, 0.25) is 0 Å². The summed E-state index contributed by atoms with van der Waals surface area (Å²) >= 11 is 0. The molecule has 0 radical (unpaired) electrons. The van der Waals surface area contributed by atoms with Gasteiger partial charge in [0.2, 0.25) is 0 Å². The standard InChI is InChI=1S/C13H15N3O/c1-8-7-12(15-16(4)13(8)17)11-6-5-9(2)14-10(11)3/h5-7H,1-4H3. The molecule has 2 heterocycles. The number of aryl methyl sites for hydroxylation is 4. The Morgan fingerprint density at radius 3 is 2.47 bits per heavy atom. The van der Waals surface area contributed by atoms with E-state index in [1.54, 1.807) is 14.0 Å². The Balaban J connectivity index is 2.65. The molecule has 0 aromatic carbocycles. The molecular weight excluding hydrogens is 214 g/mol. The van der Waals surface area contributed by atoms with Crippen molar-refractivity contribution >= 4 is 0 Å². The highest BCUT2D eigenvalue weighted by molar-refractivity contribution is 5.61.